The van der Waals surface area contributed by atoms with Crippen molar-refractivity contribution in [1.82, 2.24) is 12.3 Å². The van der Waals surface area contributed by atoms with Crippen LogP contribution >= 0.6 is 0 Å². The molecular weight excluding hydrogens is 226 g/mol. The van der Waals surface area contributed by atoms with E-state index in [0.717, 1.165) is 6.54 Å². The molecule has 0 saturated heterocycles. The second kappa shape index (κ2) is 7.40. The van der Waals surface area contributed by atoms with Crippen LogP contribution in [0.5, 0.6) is 0 Å². The third kappa shape index (κ3) is 4.82. The summed E-state index contributed by atoms with van der Waals surface area (Å²) in [6.45, 7) is 9.18. The molecule has 12 N–H and O–H groups in total. The second-order valence-corrected chi connectivity index (χ2v) is 6.76. The van der Waals surface area contributed by atoms with Crippen molar-refractivity contribution in [3.63, 3.8) is 0 Å². The Bertz CT molecular complexity index is 227. The van der Waals surface area contributed by atoms with Gasteiger partial charge < -0.3 is 29.5 Å². The minimum absolute atomic E-state index is 0. The standard InChI is InChI=1S/C13H29N3.2H3N/c1-12(2)4-10(11(6-14)7-15)5-13(3,8-12)9-16;;/h10-11H,4-9,14-16H2,1-3H3;2*1H3. The number of hydrogen-bond donors (Lipinski definition) is 5. The molecule has 0 heterocycles. The fourth-order valence-electron chi connectivity index (χ4n) is 3.68. The molecule has 0 amide bonds. The van der Waals surface area contributed by atoms with Crippen LogP contribution in [0.15, 0.2) is 0 Å². The smallest absolute Gasteiger partial charge is 0.00229 e. The van der Waals surface area contributed by atoms with E-state index in [1.165, 1.54) is 19.3 Å². The van der Waals surface area contributed by atoms with Gasteiger partial charge in [-0.25, -0.2) is 0 Å². The molecule has 5 nitrogen and oxygen atoms in total. The molecule has 1 aliphatic carbocycles. The summed E-state index contributed by atoms with van der Waals surface area (Å²) in [5.41, 5.74) is 18.2. The van der Waals surface area contributed by atoms with Gasteiger partial charge in [-0.05, 0) is 61.6 Å². The summed E-state index contributed by atoms with van der Waals surface area (Å²) in [5, 5.41) is 0. The fraction of sp³-hybridized carbons (Fsp3) is 1.00. The van der Waals surface area contributed by atoms with Crippen LogP contribution in [0.3, 0.4) is 0 Å². The summed E-state index contributed by atoms with van der Waals surface area (Å²) in [7, 11) is 0. The molecule has 1 fully saturated rings. The van der Waals surface area contributed by atoms with Crippen LogP contribution in [0.2, 0.25) is 0 Å². The van der Waals surface area contributed by atoms with Gasteiger partial charge in [-0.15, -0.1) is 0 Å². The molecule has 0 aromatic heterocycles. The SMILES string of the molecule is CC1(C)CC(C(CN)CN)CC(C)(CN)C1.N.N. The maximum atomic E-state index is 5.94. The Kier molecular flexibility index (Phi) is 8.28. The first-order chi connectivity index (χ1) is 7.36. The Balaban J connectivity index is 0. The van der Waals surface area contributed by atoms with E-state index in [9.17, 15) is 0 Å². The molecule has 112 valence electrons. The Morgan fingerprint density at radius 2 is 1.50 bits per heavy atom. The van der Waals surface area contributed by atoms with E-state index in [1.54, 1.807) is 0 Å². The van der Waals surface area contributed by atoms with E-state index in [1.807, 2.05) is 0 Å². The highest BCUT2D eigenvalue weighted by Crippen LogP contribution is 2.49. The molecule has 0 aromatic carbocycles. The lowest BCUT2D eigenvalue weighted by Crippen LogP contribution is -2.44. The zero-order valence-electron chi connectivity index (χ0n) is 12.5. The maximum absolute atomic E-state index is 5.94. The van der Waals surface area contributed by atoms with Crippen LogP contribution in [-0.4, -0.2) is 19.6 Å². The normalized spacial score (nSPS) is 30.5. The molecule has 18 heavy (non-hydrogen) atoms. The summed E-state index contributed by atoms with van der Waals surface area (Å²) in [4.78, 5) is 0. The molecule has 0 aromatic rings. The van der Waals surface area contributed by atoms with Crippen molar-refractivity contribution in [2.45, 2.75) is 40.0 Å². The van der Waals surface area contributed by atoms with Crippen LogP contribution < -0.4 is 29.5 Å². The molecule has 1 saturated carbocycles. The molecule has 2 atom stereocenters. The van der Waals surface area contributed by atoms with E-state index >= 15 is 0 Å². The zero-order chi connectivity index (χ0) is 12.4. The molecule has 0 radical (unpaired) electrons. The molecule has 0 aliphatic heterocycles. The van der Waals surface area contributed by atoms with Crippen LogP contribution in [0.1, 0.15) is 40.0 Å². The van der Waals surface area contributed by atoms with Crippen LogP contribution in [0, 0.1) is 22.7 Å². The number of nitrogens with two attached hydrogens (primary N) is 3. The van der Waals surface area contributed by atoms with Gasteiger partial charge in [-0.3, -0.25) is 0 Å². The second-order valence-electron chi connectivity index (χ2n) is 6.76. The quantitative estimate of drug-likeness (QED) is 0.521. The average Bonchev–Trinajstić information content (AvgIpc) is 2.17. The Hall–Kier alpha value is -0.200. The first kappa shape index (κ1) is 20.1. The Morgan fingerprint density at radius 1 is 1.00 bits per heavy atom. The van der Waals surface area contributed by atoms with Crippen LogP contribution in [-0.2, 0) is 0 Å². The third-order valence-electron chi connectivity index (χ3n) is 4.24. The van der Waals surface area contributed by atoms with Gasteiger partial charge in [0, 0.05) is 0 Å². The van der Waals surface area contributed by atoms with E-state index in [4.69, 9.17) is 17.2 Å². The molecule has 0 spiro atoms. The Labute approximate surface area is 112 Å². The van der Waals surface area contributed by atoms with Gasteiger partial charge in [0.1, 0.15) is 0 Å². The lowest BCUT2D eigenvalue weighted by Gasteiger charge is -2.48. The largest absolute Gasteiger partial charge is 0.344 e. The highest BCUT2D eigenvalue weighted by Gasteiger charge is 2.42. The monoisotopic (exact) mass is 261 g/mol. The lowest BCUT2D eigenvalue weighted by molar-refractivity contribution is 0.0368. The van der Waals surface area contributed by atoms with Crippen molar-refractivity contribution in [2.75, 3.05) is 19.6 Å². The molecule has 2 unspecified atom stereocenters. The number of hydrogen-bond acceptors (Lipinski definition) is 5. The van der Waals surface area contributed by atoms with Crippen molar-refractivity contribution in [2.24, 2.45) is 39.9 Å². The Morgan fingerprint density at radius 3 is 1.89 bits per heavy atom. The molecule has 0 bridgehead atoms. The average molecular weight is 261 g/mol. The van der Waals surface area contributed by atoms with Crippen molar-refractivity contribution >= 4 is 0 Å². The molecule has 1 aliphatic rings. The fourth-order valence-corrected chi connectivity index (χ4v) is 3.68. The number of rotatable bonds is 4. The third-order valence-corrected chi connectivity index (χ3v) is 4.24. The van der Waals surface area contributed by atoms with Crippen molar-refractivity contribution in [3.05, 3.63) is 0 Å². The van der Waals surface area contributed by atoms with Gasteiger partial charge in [-0.2, -0.15) is 0 Å². The van der Waals surface area contributed by atoms with Gasteiger partial charge in [0.05, 0.1) is 0 Å². The minimum atomic E-state index is 0. The zero-order valence-corrected chi connectivity index (χ0v) is 12.5. The summed E-state index contributed by atoms with van der Waals surface area (Å²) < 4.78 is 0. The minimum Gasteiger partial charge on any atom is -0.344 e. The van der Waals surface area contributed by atoms with Gasteiger partial charge in [0.15, 0.2) is 0 Å². The molecule has 5 heteroatoms. The van der Waals surface area contributed by atoms with Crippen molar-refractivity contribution in [1.29, 1.82) is 0 Å². The summed E-state index contributed by atoms with van der Waals surface area (Å²) in [6, 6.07) is 0. The van der Waals surface area contributed by atoms with Crippen molar-refractivity contribution < 1.29 is 0 Å². The summed E-state index contributed by atoms with van der Waals surface area (Å²) in [5.74, 6) is 1.11. The van der Waals surface area contributed by atoms with E-state index in [-0.39, 0.29) is 17.7 Å². The summed E-state index contributed by atoms with van der Waals surface area (Å²) >= 11 is 0. The molecule has 1 rings (SSSR count). The maximum Gasteiger partial charge on any atom is -0.00229 e. The molecular formula is C13H35N5. The van der Waals surface area contributed by atoms with Crippen molar-refractivity contribution in [3.8, 4) is 0 Å². The first-order valence-corrected chi connectivity index (χ1v) is 6.46. The van der Waals surface area contributed by atoms with Gasteiger partial charge in [0.2, 0.25) is 0 Å². The first-order valence-electron chi connectivity index (χ1n) is 6.46. The summed E-state index contributed by atoms with van der Waals surface area (Å²) in [6.07, 6.45) is 3.64. The highest BCUT2D eigenvalue weighted by molar-refractivity contribution is 4.94. The predicted octanol–water partition coefficient (Wildman–Crippen LogP) is 1.64. The lowest BCUT2D eigenvalue weighted by atomic mass is 9.58. The van der Waals surface area contributed by atoms with Crippen LogP contribution in [0.4, 0.5) is 0 Å². The van der Waals surface area contributed by atoms with Gasteiger partial charge >= 0.3 is 0 Å². The van der Waals surface area contributed by atoms with Gasteiger partial charge in [-0.1, -0.05) is 20.8 Å². The van der Waals surface area contributed by atoms with E-state index in [2.05, 4.69) is 20.8 Å². The van der Waals surface area contributed by atoms with Crippen LogP contribution in [0.25, 0.3) is 0 Å². The topological polar surface area (TPSA) is 148 Å². The van der Waals surface area contributed by atoms with E-state index < -0.39 is 0 Å². The predicted molar refractivity (Wildman–Crippen MR) is 79.9 cm³/mol. The van der Waals surface area contributed by atoms with E-state index in [0.29, 0.717) is 30.3 Å². The van der Waals surface area contributed by atoms with Gasteiger partial charge in [0.25, 0.3) is 0 Å². The highest BCUT2D eigenvalue weighted by atomic mass is 14.7.